The lowest BCUT2D eigenvalue weighted by molar-refractivity contribution is 0.672. The molecule has 0 N–H and O–H groups in total. The molecule has 68 valence electrons. The van der Waals surface area contributed by atoms with Crippen molar-refractivity contribution in [1.29, 1.82) is 0 Å². The molecule has 0 bridgehead atoms. The molecule has 0 saturated carbocycles. The summed E-state index contributed by atoms with van der Waals surface area (Å²) in [5, 5.41) is 0.152. The summed E-state index contributed by atoms with van der Waals surface area (Å²) in [6, 6.07) is 3.89. The molecule has 2 unspecified atom stereocenters. The van der Waals surface area contributed by atoms with Crippen molar-refractivity contribution >= 4 is 10.8 Å². The van der Waals surface area contributed by atoms with Crippen LogP contribution in [0.2, 0.25) is 0 Å². The fourth-order valence-electron chi connectivity index (χ4n) is 1.46. The van der Waals surface area contributed by atoms with Crippen LogP contribution in [0.15, 0.2) is 36.7 Å². The van der Waals surface area contributed by atoms with Crippen LogP contribution in [-0.4, -0.2) is 14.9 Å². The second-order valence-electron chi connectivity index (χ2n) is 3.03. The van der Waals surface area contributed by atoms with Crippen LogP contribution in [0, 0.1) is 0 Å². The molecule has 1 aliphatic heterocycles. The highest BCUT2D eigenvalue weighted by Gasteiger charge is 2.19. The van der Waals surface area contributed by atoms with Crippen molar-refractivity contribution in [3.8, 4) is 0 Å². The van der Waals surface area contributed by atoms with Gasteiger partial charge in [0.15, 0.2) is 0 Å². The van der Waals surface area contributed by atoms with Gasteiger partial charge in [-0.2, -0.15) is 0 Å². The SMILES string of the molecule is O=S1CC=CCC1c1cccnc1. The molecule has 2 rings (SSSR count). The summed E-state index contributed by atoms with van der Waals surface area (Å²) in [6.07, 6.45) is 8.51. The van der Waals surface area contributed by atoms with Crippen LogP contribution in [0.1, 0.15) is 17.2 Å². The van der Waals surface area contributed by atoms with Crippen molar-refractivity contribution in [3.05, 3.63) is 42.2 Å². The van der Waals surface area contributed by atoms with E-state index in [-0.39, 0.29) is 5.25 Å². The van der Waals surface area contributed by atoms with E-state index in [9.17, 15) is 4.21 Å². The summed E-state index contributed by atoms with van der Waals surface area (Å²) in [6.45, 7) is 0. The molecule has 2 heterocycles. The summed E-state index contributed by atoms with van der Waals surface area (Å²) in [5.41, 5.74) is 1.09. The molecule has 0 amide bonds. The van der Waals surface area contributed by atoms with Gasteiger partial charge in [0.25, 0.3) is 0 Å². The number of hydrogen-bond acceptors (Lipinski definition) is 2. The average Bonchev–Trinajstić information content (AvgIpc) is 2.20. The predicted octanol–water partition coefficient (Wildman–Crippen LogP) is 1.83. The Balaban J connectivity index is 2.26. The fraction of sp³-hybridized carbons (Fsp3) is 0.300. The second-order valence-corrected chi connectivity index (χ2v) is 4.69. The molecule has 3 heteroatoms. The van der Waals surface area contributed by atoms with Crippen LogP contribution in [0.3, 0.4) is 0 Å². The first-order valence-electron chi connectivity index (χ1n) is 4.30. The zero-order valence-corrected chi connectivity index (χ0v) is 8.04. The molecule has 2 nitrogen and oxygen atoms in total. The van der Waals surface area contributed by atoms with E-state index in [1.54, 1.807) is 6.20 Å². The van der Waals surface area contributed by atoms with Crippen molar-refractivity contribution in [1.82, 2.24) is 4.98 Å². The Kier molecular flexibility index (Phi) is 2.54. The fourth-order valence-corrected chi connectivity index (χ4v) is 2.79. The third-order valence-corrected chi connectivity index (χ3v) is 3.77. The normalized spacial score (nSPS) is 27.4. The van der Waals surface area contributed by atoms with Crippen molar-refractivity contribution < 1.29 is 4.21 Å². The number of rotatable bonds is 1. The van der Waals surface area contributed by atoms with E-state index in [1.165, 1.54) is 0 Å². The van der Waals surface area contributed by atoms with Crippen molar-refractivity contribution in [2.45, 2.75) is 11.7 Å². The Bertz CT molecular complexity index is 334. The maximum absolute atomic E-state index is 11.6. The molecule has 1 aliphatic rings. The van der Waals surface area contributed by atoms with Gasteiger partial charge in [-0.1, -0.05) is 18.2 Å². The largest absolute Gasteiger partial charge is 0.264 e. The minimum Gasteiger partial charge on any atom is -0.264 e. The van der Waals surface area contributed by atoms with Crippen LogP contribution < -0.4 is 0 Å². The van der Waals surface area contributed by atoms with E-state index in [0.29, 0.717) is 5.75 Å². The first kappa shape index (κ1) is 8.63. The summed E-state index contributed by atoms with van der Waals surface area (Å²) < 4.78 is 11.6. The van der Waals surface area contributed by atoms with Crippen LogP contribution >= 0.6 is 0 Å². The van der Waals surface area contributed by atoms with E-state index in [1.807, 2.05) is 24.4 Å². The van der Waals surface area contributed by atoms with Gasteiger partial charge in [-0.15, -0.1) is 0 Å². The standard InChI is InChI=1S/C10H11NOS/c12-13-7-2-1-5-10(13)9-4-3-6-11-8-9/h1-4,6,8,10H,5,7H2. The third kappa shape index (κ3) is 1.86. The highest BCUT2D eigenvalue weighted by atomic mass is 32.2. The molecule has 0 fully saturated rings. The maximum Gasteiger partial charge on any atom is 0.0649 e. The van der Waals surface area contributed by atoms with E-state index in [4.69, 9.17) is 0 Å². The zero-order valence-electron chi connectivity index (χ0n) is 7.22. The molecule has 0 aromatic carbocycles. The second kappa shape index (κ2) is 3.83. The minimum absolute atomic E-state index is 0.152. The monoisotopic (exact) mass is 193 g/mol. The van der Waals surface area contributed by atoms with Crippen molar-refractivity contribution in [2.24, 2.45) is 0 Å². The molecule has 13 heavy (non-hydrogen) atoms. The molecule has 0 radical (unpaired) electrons. The Hall–Kier alpha value is -0.960. The number of nitrogens with zero attached hydrogens (tertiary/aromatic N) is 1. The first-order chi connectivity index (χ1) is 6.38. The molecule has 0 spiro atoms. The highest BCUT2D eigenvalue weighted by Crippen LogP contribution is 2.26. The molecular formula is C10H11NOS. The van der Waals surface area contributed by atoms with Gasteiger partial charge in [-0.3, -0.25) is 9.19 Å². The molecule has 1 aromatic heterocycles. The number of aromatic nitrogens is 1. The number of pyridine rings is 1. The molecule has 2 atom stereocenters. The lowest BCUT2D eigenvalue weighted by Crippen LogP contribution is -2.11. The Morgan fingerprint density at radius 1 is 1.46 bits per heavy atom. The van der Waals surface area contributed by atoms with Gasteiger partial charge in [-0.05, 0) is 18.1 Å². The molecule has 0 aliphatic carbocycles. The van der Waals surface area contributed by atoms with Gasteiger partial charge < -0.3 is 0 Å². The third-order valence-electron chi connectivity index (χ3n) is 2.15. The van der Waals surface area contributed by atoms with Crippen LogP contribution in [0.5, 0.6) is 0 Å². The Labute approximate surface area is 80.2 Å². The molecular weight excluding hydrogens is 182 g/mol. The lowest BCUT2D eigenvalue weighted by atomic mass is 10.1. The topological polar surface area (TPSA) is 30.0 Å². The molecule has 0 saturated heterocycles. The minimum atomic E-state index is -0.756. The van der Waals surface area contributed by atoms with Crippen LogP contribution in [-0.2, 0) is 10.8 Å². The quantitative estimate of drug-likeness (QED) is 0.637. The van der Waals surface area contributed by atoms with Crippen molar-refractivity contribution in [2.75, 3.05) is 5.75 Å². The van der Waals surface area contributed by atoms with Gasteiger partial charge >= 0.3 is 0 Å². The maximum atomic E-state index is 11.6. The van der Waals surface area contributed by atoms with Gasteiger partial charge in [0.2, 0.25) is 0 Å². The highest BCUT2D eigenvalue weighted by molar-refractivity contribution is 7.85. The predicted molar refractivity (Wildman–Crippen MR) is 53.7 cm³/mol. The number of allylic oxidation sites excluding steroid dienone is 1. The van der Waals surface area contributed by atoms with Crippen LogP contribution in [0.4, 0.5) is 0 Å². The Morgan fingerprint density at radius 2 is 2.38 bits per heavy atom. The van der Waals surface area contributed by atoms with Crippen LogP contribution in [0.25, 0.3) is 0 Å². The number of hydrogen-bond donors (Lipinski definition) is 0. The van der Waals surface area contributed by atoms with Gasteiger partial charge in [0.1, 0.15) is 0 Å². The smallest absolute Gasteiger partial charge is 0.0649 e. The lowest BCUT2D eigenvalue weighted by Gasteiger charge is -2.16. The first-order valence-corrected chi connectivity index (χ1v) is 5.68. The van der Waals surface area contributed by atoms with E-state index in [2.05, 4.69) is 11.1 Å². The van der Waals surface area contributed by atoms with Gasteiger partial charge in [0, 0.05) is 28.9 Å². The Morgan fingerprint density at radius 3 is 3.08 bits per heavy atom. The van der Waals surface area contributed by atoms with Gasteiger partial charge in [0.05, 0.1) is 5.25 Å². The average molecular weight is 193 g/mol. The van der Waals surface area contributed by atoms with Crippen molar-refractivity contribution in [3.63, 3.8) is 0 Å². The van der Waals surface area contributed by atoms with E-state index in [0.717, 1.165) is 12.0 Å². The summed E-state index contributed by atoms with van der Waals surface area (Å²) in [4.78, 5) is 4.04. The van der Waals surface area contributed by atoms with E-state index >= 15 is 0 Å². The van der Waals surface area contributed by atoms with Gasteiger partial charge in [-0.25, -0.2) is 0 Å². The summed E-state index contributed by atoms with van der Waals surface area (Å²) in [7, 11) is -0.756. The molecule has 1 aromatic rings. The zero-order chi connectivity index (χ0) is 9.10. The summed E-state index contributed by atoms with van der Waals surface area (Å²) >= 11 is 0. The summed E-state index contributed by atoms with van der Waals surface area (Å²) in [5.74, 6) is 0.680. The van der Waals surface area contributed by atoms with E-state index < -0.39 is 10.8 Å².